The zero-order valence-corrected chi connectivity index (χ0v) is 16.6. The Balaban J connectivity index is 1.33. The minimum absolute atomic E-state index is 0.780. The number of thiocarbonyl (C=S) groups is 1. The lowest BCUT2D eigenvalue weighted by atomic mass is 10.1. The number of rotatable bonds is 6. The van der Waals surface area contributed by atoms with E-state index in [0.29, 0.717) is 0 Å². The highest BCUT2D eigenvalue weighted by molar-refractivity contribution is 7.80. The Morgan fingerprint density at radius 1 is 0.885 bits per heavy atom. The first-order chi connectivity index (χ1) is 12.7. The Morgan fingerprint density at radius 2 is 1.54 bits per heavy atom. The van der Waals surface area contributed by atoms with Gasteiger partial charge in [-0.3, -0.25) is 4.90 Å². The number of nitrogens with one attached hydrogen (secondary N) is 1. The van der Waals surface area contributed by atoms with Crippen molar-refractivity contribution in [2.75, 3.05) is 39.3 Å². The third kappa shape index (κ3) is 5.97. The minimum Gasteiger partial charge on any atom is -0.362 e. The van der Waals surface area contributed by atoms with E-state index in [-0.39, 0.29) is 0 Å². The maximum Gasteiger partial charge on any atom is 0.169 e. The van der Waals surface area contributed by atoms with E-state index in [0.717, 1.165) is 62.2 Å². The molecule has 1 aliphatic heterocycles. The normalized spacial score (nSPS) is 15.0. The summed E-state index contributed by atoms with van der Waals surface area (Å²) in [6, 6.07) is 18.7. The van der Waals surface area contributed by atoms with Gasteiger partial charge in [-0.25, -0.2) is 0 Å². The van der Waals surface area contributed by atoms with E-state index in [1.165, 1.54) is 11.1 Å². The third-order valence-corrected chi connectivity index (χ3v) is 5.48. The molecule has 1 heterocycles. The Kier molecular flexibility index (Phi) is 7.30. The van der Waals surface area contributed by atoms with E-state index in [2.05, 4.69) is 57.6 Å². The molecule has 26 heavy (non-hydrogen) atoms. The van der Waals surface area contributed by atoms with Crippen LogP contribution in [0.1, 0.15) is 11.1 Å². The molecule has 0 bridgehead atoms. The molecule has 3 nitrogen and oxygen atoms in total. The molecule has 0 amide bonds. The Labute approximate surface area is 166 Å². The molecule has 0 spiro atoms. The zero-order valence-electron chi connectivity index (χ0n) is 15.0. The van der Waals surface area contributed by atoms with Crippen LogP contribution in [0.4, 0.5) is 0 Å². The third-order valence-electron chi connectivity index (χ3n) is 4.82. The molecule has 1 N–H and O–H groups in total. The van der Waals surface area contributed by atoms with Crippen LogP contribution in [0.25, 0.3) is 0 Å². The standard InChI is InChI=1S/C21H26ClN3S/c22-20-8-6-19(7-9-20)10-12-23-21(26)25-16-14-24(15-17-25)13-11-18-4-2-1-3-5-18/h1-9H,10-17H2,(H,23,26). The first-order valence-electron chi connectivity index (χ1n) is 9.24. The summed E-state index contributed by atoms with van der Waals surface area (Å²) in [5.74, 6) is 0. The molecule has 3 rings (SSSR count). The summed E-state index contributed by atoms with van der Waals surface area (Å²) < 4.78 is 0. The van der Waals surface area contributed by atoms with Gasteiger partial charge in [0.25, 0.3) is 0 Å². The van der Waals surface area contributed by atoms with Crippen molar-refractivity contribution in [1.82, 2.24) is 15.1 Å². The second-order valence-electron chi connectivity index (χ2n) is 6.67. The molecule has 1 fully saturated rings. The Morgan fingerprint density at radius 3 is 2.23 bits per heavy atom. The van der Waals surface area contributed by atoms with E-state index >= 15 is 0 Å². The first kappa shape index (κ1) is 19.2. The predicted molar refractivity (Wildman–Crippen MR) is 114 cm³/mol. The number of halogens is 1. The number of piperazine rings is 1. The highest BCUT2D eigenvalue weighted by Crippen LogP contribution is 2.10. The lowest BCUT2D eigenvalue weighted by Crippen LogP contribution is -2.52. The highest BCUT2D eigenvalue weighted by atomic mass is 35.5. The number of hydrogen-bond acceptors (Lipinski definition) is 2. The summed E-state index contributed by atoms with van der Waals surface area (Å²) in [4.78, 5) is 4.82. The number of benzene rings is 2. The van der Waals surface area contributed by atoms with Crippen molar-refractivity contribution in [2.24, 2.45) is 0 Å². The average molecular weight is 388 g/mol. The average Bonchev–Trinajstić information content (AvgIpc) is 2.69. The van der Waals surface area contributed by atoms with Crippen molar-refractivity contribution >= 4 is 28.9 Å². The molecular formula is C21H26ClN3S. The molecule has 0 aromatic heterocycles. The maximum absolute atomic E-state index is 5.92. The summed E-state index contributed by atoms with van der Waals surface area (Å²) in [6.45, 7) is 6.13. The van der Waals surface area contributed by atoms with Gasteiger partial charge in [-0.2, -0.15) is 0 Å². The van der Waals surface area contributed by atoms with E-state index in [1.54, 1.807) is 0 Å². The van der Waals surface area contributed by atoms with Crippen LogP contribution in [0.5, 0.6) is 0 Å². The Bertz CT molecular complexity index is 682. The fourth-order valence-corrected chi connectivity index (χ4v) is 3.59. The summed E-state index contributed by atoms with van der Waals surface area (Å²) in [5.41, 5.74) is 2.68. The Hall–Kier alpha value is -1.62. The lowest BCUT2D eigenvalue weighted by molar-refractivity contribution is 0.183. The van der Waals surface area contributed by atoms with Crippen LogP contribution in [0, 0.1) is 0 Å². The van der Waals surface area contributed by atoms with Gasteiger partial charge in [0.15, 0.2) is 5.11 Å². The highest BCUT2D eigenvalue weighted by Gasteiger charge is 2.18. The van der Waals surface area contributed by atoms with E-state index in [4.69, 9.17) is 23.8 Å². The molecule has 0 radical (unpaired) electrons. The second-order valence-corrected chi connectivity index (χ2v) is 7.50. The van der Waals surface area contributed by atoms with E-state index < -0.39 is 0 Å². The van der Waals surface area contributed by atoms with Crippen molar-refractivity contribution in [3.05, 3.63) is 70.7 Å². The zero-order chi connectivity index (χ0) is 18.2. The van der Waals surface area contributed by atoms with Crippen molar-refractivity contribution < 1.29 is 0 Å². The van der Waals surface area contributed by atoms with Crippen molar-refractivity contribution in [3.8, 4) is 0 Å². The topological polar surface area (TPSA) is 18.5 Å². The molecule has 0 saturated carbocycles. The van der Waals surface area contributed by atoms with Gasteiger partial charge >= 0.3 is 0 Å². The molecule has 2 aromatic rings. The largest absolute Gasteiger partial charge is 0.362 e. The van der Waals surface area contributed by atoms with Gasteiger partial charge in [0.2, 0.25) is 0 Å². The summed E-state index contributed by atoms with van der Waals surface area (Å²) in [7, 11) is 0. The lowest BCUT2D eigenvalue weighted by Gasteiger charge is -2.36. The van der Waals surface area contributed by atoms with Crippen LogP contribution < -0.4 is 5.32 Å². The van der Waals surface area contributed by atoms with Crippen LogP contribution in [0.3, 0.4) is 0 Å². The minimum atomic E-state index is 0.780. The molecule has 1 saturated heterocycles. The molecule has 0 atom stereocenters. The van der Waals surface area contributed by atoms with Crippen LogP contribution in [-0.4, -0.2) is 54.2 Å². The summed E-state index contributed by atoms with van der Waals surface area (Å²) in [5, 5.41) is 5.05. The van der Waals surface area contributed by atoms with Crippen LogP contribution in [0.15, 0.2) is 54.6 Å². The SMILES string of the molecule is S=C(NCCc1ccc(Cl)cc1)N1CCN(CCc2ccccc2)CC1. The molecule has 0 unspecified atom stereocenters. The molecule has 2 aromatic carbocycles. The van der Waals surface area contributed by atoms with E-state index in [1.807, 2.05) is 12.1 Å². The van der Waals surface area contributed by atoms with Gasteiger partial charge in [0.05, 0.1) is 0 Å². The van der Waals surface area contributed by atoms with E-state index in [9.17, 15) is 0 Å². The van der Waals surface area contributed by atoms with Crippen molar-refractivity contribution in [3.63, 3.8) is 0 Å². The first-order valence-corrected chi connectivity index (χ1v) is 10.0. The van der Waals surface area contributed by atoms with Gasteiger partial charge in [0, 0.05) is 44.3 Å². The smallest absolute Gasteiger partial charge is 0.169 e. The van der Waals surface area contributed by atoms with Gasteiger partial charge in [0.1, 0.15) is 0 Å². The van der Waals surface area contributed by atoms with Crippen LogP contribution in [0.2, 0.25) is 5.02 Å². The fraction of sp³-hybridized carbons (Fsp3) is 0.381. The molecular weight excluding hydrogens is 362 g/mol. The predicted octanol–water partition coefficient (Wildman–Crippen LogP) is 3.62. The maximum atomic E-state index is 5.92. The van der Waals surface area contributed by atoms with Crippen LogP contribution >= 0.6 is 23.8 Å². The second kappa shape index (κ2) is 9.91. The van der Waals surface area contributed by atoms with Crippen molar-refractivity contribution in [1.29, 1.82) is 0 Å². The fourth-order valence-electron chi connectivity index (χ4n) is 3.18. The number of hydrogen-bond donors (Lipinski definition) is 1. The summed E-state index contributed by atoms with van der Waals surface area (Å²) >= 11 is 11.5. The monoisotopic (exact) mass is 387 g/mol. The molecule has 5 heteroatoms. The molecule has 138 valence electrons. The van der Waals surface area contributed by atoms with Gasteiger partial charge in [-0.15, -0.1) is 0 Å². The van der Waals surface area contributed by atoms with Gasteiger partial charge in [-0.1, -0.05) is 54.1 Å². The van der Waals surface area contributed by atoms with Crippen molar-refractivity contribution in [2.45, 2.75) is 12.8 Å². The van der Waals surface area contributed by atoms with Crippen LogP contribution in [-0.2, 0) is 12.8 Å². The quantitative estimate of drug-likeness (QED) is 0.763. The summed E-state index contributed by atoms with van der Waals surface area (Å²) in [6.07, 6.45) is 2.07. The molecule has 1 aliphatic rings. The van der Waals surface area contributed by atoms with Gasteiger partial charge < -0.3 is 10.2 Å². The van der Waals surface area contributed by atoms with Gasteiger partial charge in [-0.05, 0) is 48.3 Å². The molecule has 0 aliphatic carbocycles. The number of nitrogens with zero attached hydrogens (tertiary/aromatic N) is 2.